The molecular weight excluding hydrogens is 281 g/mol. The van der Waals surface area contributed by atoms with Crippen LogP contribution in [0.1, 0.15) is 19.3 Å². The third-order valence-electron chi connectivity index (χ3n) is 2.91. The number of hydrogen-bond donors (Lipinski definition) is 3. The monoisotopic (exact) mass is 298 g/mol. The molecule has 6 nitrogen and oxygen atoms in total. The van der Waals surface area contributed by atoms with E-state index in [9.17, 15) is 22.8 Å². The average Bonchev–Trinajstić information content (AvgIpc) is 2.75. The molecule has 0 heterocycles. The summed E-state index contributed by atoms with van der Waals surface area (Å²) < 4.78 is 39.5. The molecule has 0 spiro atoms. The summed E-state index contributed by atoms with van der Waals surface area (Å²) in [6, 6.07) is -0.746. The van der Waals surface area contributed by atoms with Crippen molar-refractivity contribution in [3.05, 3.63) is 0 Å². The van der Waals surface area contributed by atoms with Crippen LogP contribution < -0.4 is 10.6 Å². The molecule has 1 aliphatic carbocycles. The van der Waals surface area contributed by atoms with Crippen molar-refractivity contribution in [2.75, 3.05) is 19.8 Å². The predicted molar refractivity (Wildman–Crippen MR) is 62.2 cm³/mol. The summed E-state index contributed by atoms with van der Waals surface area (Å²) >= 11 is 0. The van der Waals surface area contributed by atoms with Gasteiger partial charge in [-0.2, -0.15) is 13.2 Å². The van der Waals surface area contributed by atoms with Crippen LogP contribution in [0.3, 0.4) is 0 Å². The maximum Gasteiger partial charge on any atom is 0.411 e. The summed E-state index contributed by atoms with van der Waals surface area (Å²) in [7, 11) is 0. The van der Waals surface area contributed by atoms with Crippen molar-refractivity contribution < 1.29 is 32.6 Å². The van der Waals surface area contributed by atoms with Gasteiger partial charge in [0.05, 0.1) is 12.5 Å². The molecule has 0 aromatic rings. The van der Waals surface area contributed by atoms with Gasteiger partial charge < -0.3 is 20.5 Å². The van der Waals surface area contributed by atoms with Gasteiger partial charge in [-0.3, -0.25) is 4.79 Å². The predicted octanol–water partition coefficient (Wildman–Crippen LogP) is 1.12. The van der Waals surface area contributed by atoms with Gasteiger partial charge in [-0.15, -0.1) is 0 Å². The Kier molecular flexibility index (Phi) is 6.05. The van der Waals surface area contributed by atoms with Crippen LogP contribution in [0, 0.1) is 5.92 Å². The molecule has 2 atom stereocenters. The van der Waals surface area contributed by atoms with Crippen molar-refractivity contribution in [3.63, 3.8) is 0 Å². The average molecular weight is 298 g/mol. The number of ether oxygens (including phenoxy) is 1. The van der Waals surface area contributed by atoms with Crippen LogP contribution in [0.4, 0.5) is 18.0 Å². The fourth-order valence-corrected chi connectivity index (χ4v) is 2.00. The minimum absolute atomic E-state index is 0.0447. The first-order valence-electron chi connectivity index (χ1n) is 6.19. The van der Waals surface area contributed by atoms with E-state index < -0.39 is 30.7 Å². The highest BCUT2D eigenvalue weighted by Crippen LogP contribution is 2.25. The molecule has 0 aliphatic heterocycles. The number of alkyl halides is 3. The second-order valence-electron chi connectivity index (χ2n) is 4.61. The van der Waals surface area contributed by atoms with E-state index in [1.807, 2.05) is 0 Å². The van der Waals surface area contributed by atoms with Gasteiger partial charge in [0.1, 0.15) is 6.61 Å². The molecule has 0 radical (unpaired) electrons. The van der Waals surface area contributed by atoms with Gasteiger partial charge in [-0.25, -0.2) is 4.79 Å². The quantitative estimate of drug-likeness (QED) is 0.641. The summed E-state index contributed by atoms with van der Waals surface area (Å²) in [4.78, 5) is 22.1. The van der Waals surface area contributed by atoms with Crippen molar-refractivity contribution in [1.82, 2.24) is 10.6 Å². The number of carbonyl (C=O) groups is 2. The van der Waals surface area contributed by atoms with E-state index in [1.165, 1.54) is 0 Å². The van der Waals surface area contributed by atoms with Crippen molar-refractivity contribution in [2.45, 2.75) is 31.5 Å². The van der Waals surface area contributed by atoms with E-state index in [-0.39, 0.29) is 19.2 Å². The Balaban J connectivity index is 2.08. The maximum absolute atomic E-state index is 11.7. The van der Waals surface area contributed by atoms with Crippen LogP contribution in [0.25, 0.3) is 0 Å². The summed E-state index contributed by atoms with van der Waals surface area (Å²) in [6.07, 6.45) is -2.92. The van der Waals surface area contributed by atoms with Crippen molar-refractivity contribution in [1.29, 1.82) is 0 Å². The molecule has 20 heavy (non-hydrogen) atoms. The lowest BCUT2D eigenvalue weighted by Gasteiger charge is -2.13. The smallest absolute Gasteiger partial charge is 0.411 e. The van der Waals surface area contributed by atoms with E-state index in [2.05, 4.69) is 15.4 Å². The molecule has 1 fully saturated rings. The van der Waals surface area contributed by atoms with E-state index >= 15 is 0 Å². The lowest BCUT2D eigenvalue weighted by atomic mass is 10.1. The molecule has 1 aliphatic rings. The number of amides is 2. The fraction of sp³-hybridized carbons (Fsp3) is 0.818. The Morgan fingerprint density at radius 1 is 1.30 bits per heavy atom. The van der Waals surface area contributed by atoms with E-state index in [0.29, 0.717) is 19.3 Å². The number of hydrogen-bond acceptors (Lipinski definition) is 3. The van der Waals surface area contributed by atoms with Crippen LogP contribution in [0.2, 0.25) is 0 Å². The third-order valence-corrected chi connectivity index (χ3v) is 2.91. The molecule has 0 aromatic heterocycles. The van der Waals surface area contributed by atoms with Crippen LogP contribution in [-0.2, 0) is 9.53 Å². The van der Waals surface area contributed by atoms with Crippen molar-refractivity contribution >= 4 is 12.0 Å². The van der Waals surface area contributed by atoms with Crippen LogP contribution in [0.15, 0.2) is 0 Å². The van der Waals surface area contributed by atoms with E-state index in [1.54, 1.807) is 0 Å². The lowest BCUT2D eigenvalue weighted by Crippen LogP contribution is -2.42. The Bertz CT molecular complexity index is 349. The molecule has 2 amide bonds. The first-order valence-corrected chi connectivity index (χ1v) is 6.19. The zero-order valence-electron chi connectivity index (χ0n) is 10.7. The van der Waals surface area contributed by atoms with Crippen LogP contribution in [-0.4, -0.2) is 49.1 Å². The van der Waals surface area contributed by atoms with Gasteiger partial charge in [0.2, 0.25) is 0 Å². The summed E-state index contributed by atoms with van der Waals surface area (Å²) in [6.45, 7) is -1.63. The first kappa shape index (κ1) is 16.5. The van der Waals surface area contributed by atoms with Crippen LogP contribution >= 0.6 is 0 Å². The minimum Gasteiger partial charge on any atom is -0.481 e. The van der Waals surface area contributed by atoms with Gasteiger partial charge in [-0.1, -0.05) is 0 Å². The number of urea groups is 1. The molecule has 3 N–H and O–H groups in total. The number of carbonyl (C=O) groups excluding carboxylic acids is 1. The van der Waals surface area contributed by atoms with Crippen molar-refractivity contribution in [2.24, 2.45) is 5.92 Å². The molecule has 1 rings (SSSR count). The van der Waals surface area contributed by atoms with Gasteiger partial charge in [0.25, 0.3) is 0 Å². The molecule has 0 bridgehead atoms. The van der Waals surface area contributed by atoms with E-state index in [4.69, 9.17) is 5.11 Å². The third kappa shape index (κ3) is 6.60. The topological polar surface area (TPSA) is 87.7 Å². The Hall–Kier alpha value is -1.51. The summed E-state index contributed by atoms with van der Waals surface area (Å²) in [5.41, 5.74) is 0. The zero-order valence-corrected chi connectivity index (χ0v) is 10.7. The molecule has 1 saturated carbocycles. The molecule has 9 heteroatoms. The number of rotatable bonds is 6. The summed E-state index contributed by atoms with van der Waals surface area (Å²) in [5.74, 6) is -1.33. The SMILES string of the molecule is O=C(NCCOCC(F)(F)F)NC1CCC(C(=O)O)C1. The molecule has 0 saturated heterocycles. The number of halogens is 3. The van der Waals surface area contributed by atoms with Crippen molar-refractivity contribution in [3.8, 4) is 0 Å². The highest BCUT2D eigenvalue weighted by molar-refractivity contribution is 5.75. The van der Waals surface area contributed by atoms with Crippen LogP contribution in [0.5, 0.6) is 0 Å². The molecule has 0 aromatic carbocycles. The minimum atomic E-state index is -4.38. The summed E-state index contributed by atoms with van der Waals surface area (Å²) in [5, 5.41) is 13.7. The Labute approximate surface area is 113 Å². The first-order chi connectivity index (χ1) is 9.28. The molecule has 116 valence electrons. The Morgan fingerprint density at radius 2 is 2.00 bits per heavy atom. The van der Waals surface area contributed by atoms with E-state index in [0.717, 1.165) is 0 Å². The number of carboxylic acids is 1. The number of carboxylic acid groups (broad SMARTS) is 1. The lowest BCUT2D eigenvalue weighted by molar-refractivity contribution is -0.173. The fourth-order valence-electron chi connectivity index (χ4n) is 2.00. The van der Waals surface area contributed by atoms with Gasteiger partial charge >= 0.3 is 18.2 Å². The highest BCUT2D eigenvalue weighted by atomic mass is 19.4. The zero-order chi connectivity index (χ0) is 15.2. The largest absolute Gasteiger partial charge is 0.481 e. The second-order valence-corrected chi connectivity index (χ2v) is 4.61. The molecular formula is C11H17F3N2O4. The normalized spacial score (nSPS) is 22.6. The standard InChI is InChI=1S/C11H17F3N2O4/c12-11(13,14)6-20-4-3-15-10(19)16-8-2-1-7(5-8)9(17)18/h7-8H,1-6H2,(H,17,18)(H2,15,16,19). The number of aliphatic carboxylic acids is 1. The second kappa shape index (κ2) is 7.32. The highest BCUT2D eigenvalue weighted by Gasteiger charge is 2.30. The van der Waals surface area contributed by atoms with Gasteiger partial charge in [0.15, 0.2) is 0 Å². The maximum atomic E-state index is 11.7. The number of nitrogens with one attached hydrogen (secondary N) is 2. The van der Waals surface area contributed by atoms with Gasteiger partial charge in [0, 0.05) is 12.6 Å². The molecule has 2 unspecified atom stereocenters. The van der Waals surface area contributed by atoms with Gasteiger partial charge in [-0.05, 0) is 19.3 Å². The Morgan fingerprint density at radius 3 is 2.55 bits per heavy atom.